The summed E-state index contributed by atoms with van der Waals surface area (Å²) in [6, 6.07) is 4.16. The lowest BCUT2D eigenvalue weighted by Gasteiger charge is -2.08. The first kappa shape index (κ1) is 9.09. The van der Waals surface area contributed by atoms with E-state index in [4.69, 9.17) is 0 Å². The molecule has 1 aromatic rings. The van der Waals surface area contributed by atoms with Crippen LogP contribution in [-0.4, -0.2) is 18.2 Å². The van der Waals surface area contributed by atoms with Gasteiger partial charge in [0.15, 0.2) is 0 Å². The van der Waals surface area contributed by atoms with Gasteiger partial charge in [-0.3, -0.25) is 4.79 Å². The summed E-state index contributed by atoms with van der Waals surface area (Å²) >= 11 is 3.61. The van der Waals surface area contributed by atoms with Gasteiger partial charge in [-0.2, -0.15) is 11.8 Å². The van der Waals surface area contributed by atoms with E-state index < -0.39 is 0 Å². The fraction of sp³-hybridized carbons (Fsp3) is 0.444. The summed E-state index contributed by atoms with van der Waals surface area (Å²) in [6.07, 6.45) is 0.630. The van der Waals surface area contributed by atoms with Gasteiger partial charge in [-0.1, -0.05) is 6.07 Å². The number of carbonyl (C=O) groups excluding carboxylic acids is 1. The van der Waals surface area contributed by atoms with Crippen LogP contribution < -0.4 is 5.32 Å². The molecule has 70 valence electrons. The van der Waals surface area contributed by atoms with Crippen molar-refractivity contribution in [2.24, 2.45) is 0 Å². The molecule has 0 unspecified atom stereocenters. The van der Waals surface area contributed by atoms with Gasteiger partial charge in [0, 0.05) is 28.8 Å². The maximum atomic E-state index is 11.3. The molecule has 1 amide bonds. The minimum atomic E-state index is 0.184. The van der Waals surface area contributed by atoms with Crippen LogP contribution in [-0.2, 0) is 4.79 Å². The standard InChI is InChI=1S/C9H11NOS2/c11-9-6-8(13-5-3-10-9)7-2-1-4-12-7/h1-2,4,8H,3,5-6H2,(H,10,11)/t8-/m1/s1. The van der Waals surface area contributed by atoms with Gasteiger partial charge in [0.1, 0.15) is 0 Å². The number of rotatable bonds is 1. The van der Waals surface area contributed by atoms with Crippen LogP contribution in [0.5, 0.6) is 0 Å². The van der Waals surface area contributed by atoms with Crippen molar-refractivity contribution >= 4 is 29.0 Å². The highest BCUT2D eigenvalue weighted by molar-refractivity contribution is 7.99. The van der Waals surface area contributed by atoms with Crippen molar-refractivity contribution < 1.29 is 4.79 Å². The second-order valence-electron chi connectivity index (χ2n) is 2.93. The third-order valence-corrected chi connectivity index (χ3v) is 4.37. The number of amides is 1. The van der Waals surface area contributed by atoms with Crippen LogP contribution in [0.25, 0.3) is 0 Å². The quantitative estimate of drug-likeness (QED) is 0.773. The van der Waals surface area contributed by atoms with Gasteiger partial charge >= 0.3 is 0 Å². The van der Waals surface area contributed by atoms with Crippen LogP contribution in [0.15, 0.2) is 17.5 Å². The summed E-state index contributed by atoms with van der Waals surface area (Å²) in [7, 11) is 0. The Hall–Kier alpha value is -0.480. The Morgan fingerprint density at radius 2 is 2.46 bits per heavy atom. The molecular weight excluding hydrogens is 202 g/mol. The molecule has 1 aliphatic rings. The van der Waals surface area contributed by atoms with Crippen LogP contribution in [0.3, 0.4) is 0 Å². The molecular formula is C9H11NOS2. The van der Waals surface area contributed by atoms with Crippen molar-refractivity contribution in [1.29, 1.82) is 0 Å². The van der Waals surface area contributed by atoms with E-state index in [1.54, 1.807) is 11.3 Å². The number of nitrogens with one attached hydrogen (secondary N) is 1. The Morgan fingerprint density at radius 3 is 3.23 bits per heavy atom. The number of thioether (sulfide) groups is 1. The lowest BCUT2D eigenvalue weighted by molar-refractivity contribution is -0.120. The van der Waals surface area contributed by atoms with Gasteiger partial charge < -0.3 is 5.32 Å². The topological polar surface area (TPSA) is 29.1 Å². The SMILES string of the molecule is O=C1C[C@H](c2cccs2)SCCN1. The molecule has 1 aromatic heterocycles. The van der Waals surface area contributed by atoms with Gasteiger partial charge in [-0.15, -0.1) is 11.3 Å². The second-order valence-corrected chi connectivity index (χ2v) is 5.22. The van der Waals surface area contributed by atoms with E-state index in [9.17, 15) is 4.79 Å². The molecule has 0 spiro atoms. The third-order valence-electron chi connectivity index (χ3n) is 1.97. The van der Waals surface area contributed by atoms with Gasteiger partial charge in [-0.05, 0) is 11.4 Å². The molecule has 1 atom stereocenters. The Balaban J connectivity index is 2.09. The van der Waals surface area contributed by atoms with Gasteiger partial charge in [0.2, 0.25) is 5.91 Å². The van der Waals surface area contributed by atoms with E-state index >= 15 is 0 Å². The average Bonchev–Trinajstić information content (AvgIpc) is 2.56. The van der Waals surface area contributed by atoms with Crippen LogP contribution in [0.1, 0.15) is 16.5 Å². The minimum absolute atomic E-state index is 0.184. The number of hydrogen-bond acceptors (Lipinski definition) is 3. The van der Waals surface area contributed by atoms with Crippen LogP contribution in [0.4, 0.5) is 0 Å². The van der Waals surface area contributed by atoms with Crippen LogP contribution in [0, 0.1) is 0 Å². The first-order chi connectivity index (χ1) is 6.36. The Morgan fingerprint density at radius 1 is 1.54 bits per heavy atom. The molecule has 0 aliphatic carbocycles. The van der Waals surface area contributed by atoms with Crippen LogP contribution in [0.2, 0.25) is 0 Å². The van der Waals surface area contributed by atoms with E-state index in [0.29, 0.717) is 11.7 Å². The molecule has 1 saturated heterocycles. The normalized spacial score (nSPS) is 23.7. The maximum absolute atomic E-state index is 11.3. The van der Waals surface area contributed by atoms with E-state index in [0.717, 1.165) is 12.3 Å². The highest BCUT2D eigenvalue weighted by Crippen LogP contribution is 2.35. The van der Waals surface area contributed by atoms with Gasteiger partial charge in [0.25, 0.3) is 0 Å². The lowest BCUT2D eigenvalue weighted by atomic mass is 10.2. The molecule has 1 N–H and O–H groups in total. The molecule has 1 fully saturated rings. The summed E-state index contributed by atoms with van der Waals surface area (Å²) in [5.41, 5.74) is 0. The largest absolute Gasteiger partial charge is 0.355 e. The van der Waals surface area contributed by atoms with Crippen molar-refractivity contribution in [2.75, 3.05) is 12.3 Å². The summed E-state index contributed by atoms with van der Waals surface area (Å²) in [6.45, 7) is 0.811. The average molecular weight is 213 g/mol. The first-order valence-electron chi connectivity index (χ1n) is 4.28. The summed E-state index contributed by atoms with van der Waals surface area (Å²) in [5, 5.41) is 5.33. The Labute approximate surface area is 85.7 Å². The molecule has 2 nitrogen and oxygen atoms in total. The zero-order valence-electron chi connectivity index (χ0n) is 7.16. The van der Waals surface area contributed by atoms with E-state index in [1.807, 2.05) is 17.8 Å². The summed E-state index contributed by atoms with van der Waals surface area (Å²) in [4.78, 5) is 12.6. The smallest absolute Gasteiger partial charge is 0.221 e. The molecule has 2 heterocycles. The van der Waals surface area contributed by atoms with Gasteiger partial charge in [-0.25, -0.2) is 0 Å². The maximum Gasteiger partial charge on any atom is 0.221 e. The molecule has 13 heavy (non-hydrogen) atoms. The van der Waals surface area contributed by atoms with Crippen LogP contribution >= 0.6 is 23.1 Å². The minimum Gasteiger partial charge on any atom is -0.355 e. The first-order valence-corrected chi connectivity index (χ1v) is 6.21. The zero-order chi connectivity index (χ0) is 9.10. The highest BCUT2D eigenvalue weighted by atomic mass is 32.2. The van der Waals surface area contributed by atoms with Crippen molar-refractivity contribution in [1.82, 2.24) is 5.32 Å². The third kappa shape index (κ3) is 2.25. The van der Waals surface area contributed by atoms with Crippen molar-refractivity contribution in [3.05, 3.63) is 22.4 Å². The Kier molecular flexibility index (Phi) is 2.90. The molecule has 0 aromatic carbocycles. The van der Waals surface area contributed by atoms with Crippen molar-refractivity contribution in [3.63, 3.8) is 0 Å². The molecule has 0 saturated carbocycles. The zero-order valence-corrected chi connectivity index (χ0v) is 8.79. The molecule has 0 bridgehead atoms. The molecule has 2 rings (SSSR count). The van der Waals surface area contributed by atoms with E-state index in [-0.39, 0.29) is 5.91 Å². The fourth-order valence-electron chi connectivity index (χ4n) is 1.35. The molecule has 4 heteroatoms. The predicted octanol–water partition coefficient (Wildman–Crippen LogP) is 2.04. The van der Waals surface area contributed by atoms with Crippen molar-refractivity contribution in [2.45, 2.75) is 11.7 Å². The van der Waals surface area contributed by atoms with Gasteiger partial charge in [0.05, 0.1) is 0 Å². The van der Waals surface area contributed by atoms with E-state index in [2.05, 4.69) is 16.8 Å². The molecule has 1 aliphatic heterocycles. The highest BCUT2D eigenvalue weighted by Gasteiger charge is 2.19. The number of carbonyl (C=O) groups is 1. The molecule has 0 radical (unpaired) electrons. The summed E-state index contributed by atoms with van der Waals surface area (Å²) < 4.78 is 0. The monoisotopic (exact) mass is 213 g/mol. The van der Waals surface area contributed by atoms with Crippen molar-refractivity contribution in [3.8, 4) is 0 Å². The second kappa shape index (κ2) is 4.15. The number of thiophene rings is 1. The lowest BCUT2D eigenvalue weighted by Crippen LogP contribution is -2.23. The predicted molar refractivity (Wildman–Crippen MR) is 57.1 cm³/mol. The Bertz CT molecular complexity index is 284. The number of hydrogen-bond donors (Lipinski definition) is 1. The van der Waals surface area contributed by atoms with E-state index in [1.165, 1.54) is 4.88 Å². The fourth-order valence-corrected chi connectivity index (χ4v) is 3.44. The summed E-state index contributed by atoms with van der Waals surface area (Å²) in [5.74, 6) is 1.21.